The number of benzene rings is 2. The van der Waals surface area contributed by atoms with E-state index in [2.05, 4.69) is 47.2 Å². The highest BCUT2D eigenvalue weighted by Crippen LogP contribution is 2.19. The molecule has 4 nitrogen and oxygen atoms in total. The number of halogens is 1. The Morgan fingerprint density at radius 2 is 1.93 bits per heavy atom. The molecule has 0 aromatic heterocycles. The van der Waals surface area contributed by atoms with E-state index in [0.717, 1.165) is 28.6 Å². The largest absolute Gasteiger partial charge is 0.354 e. The van der Waals surface area contributed by atoms with E-state index in [1.807, 2.05) is 43.3 Å². The summed E-state index contributed by atoms with van der Waals surface area (Å²) in [4.78, 5) is 27.4. The number of carbonyl (C=O) groups excluding carboxylic acids is 2. The minimum absolute atomic E-state index is 0.0216. The quantitative estimate of drug-likeness (QED) is 0.433. The predicted molar refractivity (Wildman–Crippen MR) is 129 cm³/mol. The van der Waals surface area contributed by atoms with Gasteiger partial charge in [0.15, 0.2) is 0 Å². The maximum atomic E-state index is 13.1. The first-order valence-electron chi connectivity index (χ1n) is 10.4. The highest BCUT2D eigenvalue weighted by Gasteiger charge is 2.25. The van der Waals surface area contributed by atoms with Crippen LogP contribution in [0.1, 0.15) is 43.4 Å². The van der Waals surface area contributed by atoms with Gasteiger partial charge in [0, 0.05) is 23.3 Å². The highest BCUT2D eigenvalue weighted by molar-refractivity contribution is 9.10. The van der Waals surface area contributed by atoms with Gasteiger partial charge in [0.25, 0.3) is 0 Å². The molecule has 0 aliphatic carbocycles. The molecule has 0 saturated heterocycles. The van der Waals surface area contributed by atoms with Gasteiger partial charge in [-0.1, -0.05) is 65.7 Å². The second-order valence-corrected chi connectivity index (χ2v) is 9.29. The number of aryl methyl sites for hydroxylation is 1. The van der Waals surface area contributed by atoms with Gasteiger partial charge in [-0.15, -0.1) is 11.8 Å². The lowest BCUT2D eigenvalue weighted by Crippen LogP contribution is -2.48. The Morgan fingerprint density at radius 1 is 1.17 bits per heavy atom. The van der Waals surface area contributed by atoms with Gasteiger partial charge in [0.05, 0.1) is 5.75 Å². The lowest BCUT2D eigenvalue weighted by atomic mass is 10.1. The fourth-order valence-corrected chi connectivity index (χ4v) is 4.49. The SMILES string of the molecule is CCCCNC(=O)[C@@H](C)N(Cc1cccc(Br)c1)C(=O)CSCc1ccccc1C. The fraction of sp³-hybridized carbons (Fsp3) is 0.417. The van der Waals surface area contributed by atoms with Crippen molar-refractivity contribution < 1.29 is 9.59 Å². The summed E-state index contributed by atoms with van der Waals surface area (Å²) in [6, 6.07) is 15.6. The molecule has 2 aromatic rings. The second kappa shape index (κ2) is 12.8. The summed E-state index contributed by atoms with van der Waals surface area (Å²) >= 11 is 5.07. The number of thioether (sulfide) groups is 1. The van der Waals surface area contributed by atoms with E-state index in [9.17, 15) is 9.59 Å². The normalized spacial score (nSPS) is 11.7. The van der Waals surface area contributed by atoms with Crippen LogP contribution in [0.5, 0.6) is 0 Å². The molecule has 0 saturated carbocycles. The predicted octanol–water partition coefficient (Wildman–Crippen LogP) is 5.32. The van der Waals surface area contributed by atoms with Crippen molar-refractivity contribution in [3.63, 3.8) is 0 Å². The third-order valence-electron chi connectivity index (χ3n) is 4.98. The first kappa shape index (κ1) is 24.5. The van der Waals surface area contributed by atoms with Crippen molar-refractivity contribution in [3.8, 4) is 0 Å². The molecule has 0 unspecified atom stereocenters. The van der Waals surface area contributed by atoms with E-state index in [4.69, 9.17) is 0 Å². The third-order valence-corrected chi connectivity index (χ3v) is 6.44. The highest BCUT2D eigenvalue weighted by atomic mass is 79.9. The molecule has 2 amide bonds. The average Bonchev–Trinajstić information content (AvgIpc) is 2.73. The van der Waals surface area contributed by atoms with E-state index in [-0.39, 0.29) is 11.8 Å². The molecule has 0 heterocycles. The van der Waals surface area contributed by atoms with Crippen LogP contribution >= 0.6 is 27.7 Å². The molecule has 0 aliphatic rings. The van der Waals surface area contributed by atoms with E-state index >= 15 is 0 Å². The van der Waals surface area contributed by atoms with Crippen LogP contribution in [0.3, 0.4) is 0 Å². The smallest absolute Gasteiger partial charge is 0.242 e. The maximum Gasteiger partial charge on any atom is 0.242 e. The number of nitrogens with zero attached hydrogens (tertiary/aromatic N) is 1. The number of carbonyl (C=O) groups is 2. The zero-order valence-corrected chi connectivity index (χ0v) is 20.4. The molecular formula is C24H31BrN2O2S. The van der Waals surface area contributed by atoms with Crippen molar-refractivity contribution >= 4 is 39.5 Å². The number of unbranched alkanes of at least 4 members (excludes halogenated alkanes) is 1. The molecule has 162 valence electrons. The number of rotatable bonds is 11. The van der Waals surface area contributed by atoms with Crippen LogP contribution in [0, 0.1) is 6.92 Å². The van der Waals surface area contributed by atoms with Crippen molar-refractivity contribution in [1.29, 1.82) is 0 Å². The molecule has 0 bridgehead atoms. The summed E-state index contributed by atoms with van der Waals surface area (Å²) in [6.45, 7) is 7.03. The molecule has 6 heteroatoms. The second-order valence-electron chi connectivity index (χ2n) is 7.39. The van der Waals surface area contributed by atoms with Crippen LogP contribution in [0.15, 0.2) is 53.0 Å². The molecule has 0 spiro atoms. The molecule has 2 aromatic carbocycles. The van der Waals surface area contributed by atoms with E-state index in [1.54, 1.807) is 16.7 Å². The van der Waals surface area contributed by atoms with E-state index in [1.165, 1.54) is 11.1 Å². The van der Waals surface area contributed by atoms with Crippen LogP contribution < -0.4 is 5.32 Å². The van der Waals surface area contributed by atoms with Gasteiger partial charge in [-0.2, -0.15) is 0 Å². The summed E-state index contributed by atoms with van der Waals surface area (Å²) in [7, 11) is 0. The van der Waals surface area contributed by atoms with Crippen LogP contribution in [-0.4, -0.2) is 35.1 Å². The molecular weight excluding hydrogens is 460 g/mol. The van der Waals surface area contributed by atoms with Crippen molar-refractivity contribution in [2.45, 2.75) is 52.0 Å². The third kappa shape index (κ3) is 7.80. The fourth-order valence-electron chi connectivity index (χ4n) is 3.05. The first-order valence-corrected chi connectivity index (χ1v) is 12.3. The van der Waals surface area contributed by atoms with Gasteiger partial charge in [0.2, 0.25) is 11.8 Å². The zero-order valence-electron chi connectivity index (χ0n) is 18.0. The van der Waals surface area contributed by atoms with Crippen molar-refractivity contribution in [2.75, 3.05) is 12.3 Å². The van der Waals surface area contributed by atoms with Gasteiger partial charge in [-0.3, -0.25) is 9.59 Å². The zero-order chi connectivity index (χ0) is 21.9. The Labute approximate surface area is 192 Å². The van der Waals surface area contributed by atoms with Gasteiger partial charge in [-0.05, 0) is 49.1 Å². The number of nitrogens with one attached hydrogen (secondary N) is 1. The summed E-state index contributed by atoms with van der Waals surface area (Å²) in [5.41, 5.74) is 3.46. The Kier molecular flexibility index (Phi) is 10.4. The molecule has 2 rings (SSSR count). The molecule has 0 radical (unpaired) electrons. The minimum Gasteiger partial charge on any atom is -0.354 e. The van der Waals surface area contributed by atoms with Crippen molar-refractivity contribution in [3.05, 3.63) is 69.7 Å². The maximum absolute atomic E-state index is 13.1. The number of hydrogen-bond donors (Lipinski definition) is 1. The van der Waals surface area contributed by atoms with Crippen molar-refractivity contribution in [2.24, 2.45) is 0 Å². The van der Waals surface area contributed by atoms with Gasteiger partial charge < -0.3 is 10.2 Å². The Morgan fingerprint density at radius 3 is 2.63 bits per heavy atom. The average molecular weight is 491 g/mol. The van der Waals surface area contributed by atoms with Gasteiger partial charge >= 0.3 is 0 Å². The molecule has 0 aliphatic heterocycles. The van der Waals surface area contributed by atoms with Crippen LogP contribution in [0.25, 0.3) is 0 Å². The summed E-state index contributed by atoms with van der Waals surface area (Å²) in [6.07, 6.45) is 1.95. The molecule has 1 atom stereocenters. The standard InChI is InChI=1S/C24H31BrN2O2S/c1-4-5-13-26-24(29)19(3)27(15-20-10-8-12-22(25)14-20)23(28)17-30-16-21-11-7-6-9-18(21)2/h6-12,14,19H,4-5,13,15-17H2,1-3H3,(H,26,29)/t19-/m1/s1. The topological polar surface area (TPSA) is 49.4 Å². The van der Waals surface area contributed by atoms with Gasteiger partial charge in [0.1, 0.15) is 6.04 Å². The van der Waals surface area contributed by atoms with E-state index < -0.39 is 6.04 Å². The molecule has 1 N–H and O–H groups in total. The summed E-state index contributed by atoms with van der Waals surface area (Å²) in [5, 5.41) is 2.96. The van der Waals surface area contributed by atoms with Crippen LogP contribution in [0.2, 0.25) is 0 Å². The molecule has 0 fully saturated rings. The minimum atomic E-state index is -0.521. The monoisotopic (exact) mass is 490 g/mol. The lowest BCUT2D eigenvalue weighted by molar-refractivity contribution is -0.138. The van der Waals surface area contributed by atoms with Crippen molar-refractivity contribution in [1.82, 2.24) is 10.2 Å². The first-order chi connectivity index (χ1) is 14.4. The summed E-state index contributed by atoms with van der Waals surface area (Å²) < 4.78 is 0.960. The number of amides is 2. The Hall–Kier alpha value is -1.79. The Balaban J connectivity index is 2.05. The van der Waals surface area contributed by atoms with Crippen LogP contribution in [-0.2, 0) is 21.9 Å². The van der Waals surface area contributed by atoms with Gasteiger partial charge in [-0.25, -0.2) is 0 Å². The van der Waals surface area contributed by atoms with Crippen LogP contribution in [0.4, 0.5) is 0 Å². The summed E-state index contributed by atoms with van der Waals surface area (Å²) in [5.74, 6) is 0.997. The molecule has 30 heavy (non-hydrogen) atoms. The lowest BCUT2D eigenvalue weighted by Gasteiger charge is -2.29. The number of hydrogen-bond acceptors (Lipinski definition) is 3. The van der Waals surface area contributed by atoms with E-state index in [0.29, 0.717) is 18.8 Å². The Bertz CT molecular complexity index is 843.